The summed E-state index contributed by atoms with van der Waals surface area (Å²) < 4.78 is 29.6. The zero-order chi connectivity index (χ0) is 18.0. The Morgan fingerprint density at radius 3 is 2.52 bits per heavy atom. The SMILES string of the molecule is NC(=O)c1cccc2c1CCCN2C(=O)c1ccccc1OC(F)F. The van der Waals surface area contributed by atoms with Gasteiger partial charge in [-0.25, -0.2) is 0 Å². The largest absolute Gasteiger partial charge is 0.434 e. The molecule has 0 spiro atoms. The quantitative estimate of drug-likeness (QED) is 0.925. The van der Waals surface area contributed by atoms with E-state index in [-0.39, 0.29) is 11.3 Å². The van der Waals surface area contributed by atoms with E-state index in [0.717, 1.165) is 0 Å². The number of benzene rings is 2. The van der Waals surface area contributed by atoms with Crippen LogP contribution in [0.25, 0.3) is 0 Å². The van der Waals surface area contributed by atoms with Gasteiger partial charge in [-0.15, -0.1) is 0 Å². The first-order valence-electron chi connectivity index (χ1n) is 7.76. The molecule has 0 fully saturated rings. The molecule has 2 amide bonds. The number of carbonyl (C=O) groups excluding carboxylic acids is 2. The summed E-state index contributed by atoms with van der Waals surface area (Å²) >= 11 is 0. The molecule has 0 saturated carbocycles. The van der Waals surface area contributed by atoms with Crippen LogP contribution in [-0.2, 0) is 6.42 Å². The summed E-state index contributed by atoms with van der Waals surface area (Å²) in [4.78, 5) is 26.0. The fraction of sp³-hybridized carbons (Fsp3) is 0.222. The van der Waals surface area contributed by atoms with Gasteiger partial charge < -0.3 is 15.4 Å². The van der Waals surface area contributed by atoms with Crippen molar-refractivity contribution < 1.29 is 23.1 Å². The first-order valence-corrected chi connectivity index (χ1v) is 7.76. The molecule has 0 radical (unpaired) electrons. The second-order valence-electron chi connectivity index (χ2n) is 5.60. The molecular weight excluding hydrogens is 330 g/mol. The third-order valence-corrected chi connectivity index (χ3v) is 4.09. The zero-order valence-electron chi connectivity index (χ0n) is 13.2. The van der Waals surface area contributed by atoms with Gasteiger partial charge in [-0.2, -0.15) is 8.78 Å². The van der Waals surface area contributed by atoms with Crippen LogP contribution >= 0.6 is 0 Å². The van der Waals surface area contributed by atoms with E-state index in [2.05, 4.69) is 4.74 Å². The summed E-state index contributed by atoms with van der Waals surface area (Å²) in [6.07, 6.45) is 1.26. The highest BCUT2D eigenvalue weighted by Gasteiger charge is 2.28. The van der Waals surface area contributed by atoms with Crippen LogP contribution in [-0.4, -0.2) is 25.0 Å². The maximum Gasteiger partial charge on any atom is 0.387 e. The van der Waals surface area contributed by atoms with Gasteiger partial charge in [0.2, 0.25) is 5.91 Å². The summed E-state index contributed by atoms with van der Waals surface area (Å²) in [6.45, 7) is -2.61. The highest BCUT2D eigenvalue weighted by atomic mass is 19.3. The molecule has 0 aliphatic carbocycles. The lowest BCUT2D eigenvalue weighted by atomic mass is 9.95. The Kier molecular flexibility index (Phi) is 4.65. The van der Waals surface area contributed by atoms with Crippen LogP contribution in [0.3, 0.4) is 0 Å². The lowest BCUT2D eigenvalue weighted by Gasteiger charge is -2.31. The van der Waals surface area contributed by atoms with E-state index in [0.29, 0.717) is 36.2 Å². The number of alkyl halides is 2. The molecule has 0 unspecified atom stereocenters. The molecule has 130 valence electrons. The van der Waals surface area contributed by atoms with Gasteiger partial charge in [-0.1, -0.05) is 18.2 Å². The highest BCUT2D eigenvalue weighted by molar-refractivity contribution is 6.09. The number of anilines is 1. The molecular formula is C18H16F2N2O3. The molecule has 0 bridgehead atoms. The number of halogens is 2. The number of carbonyl (C=O) groups is 2. The van der Waals surface area contributed by atoms with Gasteiger partial charge in [-0.3, -0.25) is 9.59 Å². The van der Waals surface area contributed by atoms with Crippen molar-refractivity contribution >= 4 is 17.5 Å². The number of rotatable bonds is 4. The van der Waals surface area contributed by atoms with E-state index in [1.54, 1.807) is 24.3 Å². The Labute approximate surface area is 143 Å². The average molecular weight is 346 g/mol. The second kappa shape index (κ2) is 6.88. The van der Waals surface area contributed by atoms with Crippen LogP contribution in [0, 0.1) is 0 Å². The smallest absolute Gasteiger partial charge is 0.387 e. The number of primary amides is 1. The Morgan fingerprint density at radius 1 is 1.08 bits per heavy atom. The summed E-state index contributed by atoms with van der Waals surface area (Å²) in [5.74, 6) is -1.20. The van der Waals surface area contributed by atoms with Crippen molar-refractivity contribution in [3.8, 4) is 5.75 Å². The average Bonchev–Trinajstić information content (AvgIpc) is 2.60. The van der Waals surface area contributed by atoms with Crippen molar-refractivity contribution in [1.82, 2.24) is 0 Å². The molecule has 0 saturated heterocycles. The Bertz CT molecular complexity index is 824. The molecule has 1 heterocycles. The number of fused-ring (bicyclic) bond motifs is 1. The molecule has 1 aliphatic rings. The van der Waals surface area contributed by atoms with Crippen LogP contribution in [0.1, 0.15) is 32.7 Å². The third kappa shape index (κ3) is 3.31. The van der Waals surface area contributed by atoms with Crippen molar-refractivity contribution in [3.63, 3.8) is 0 Å². The van der Waals surface area contributed by atoms with Gasteiger partial charge >= 0.3 is 6.61 Å². The van der Waals surface area contributed by atoms with E-state index in [9.17, 15) is 18.4 Å². The van der Waals surface area contributed by atoms with Gasteiger partial charge in [0.25, 0.3) is 5.91 Å². The van der Waals surface area contributed by atoms with E-state index in [1.807, 2.05) is 0 Å². The first kappa shape index (κ1) is 16.9. The monoisotopic (exact) mass is 346 g/mol. The Hall–Kier alpha value is -2.96. The molecule has 0 aromatic heterocycles. The number of hydrogen-bond acceptors (Lipinski definition) is 3. The Morgan fingerprint density at radius 2 is 1.80 bits per heavy atom. The minimum Gasteiger partial charge on any atom is -0.434 e. The van der Waals surface area contributed by atoms with Crippen LogP contribution in [0.4, 0.5) is 14.5 Å². The van der Waals surface area contributed by atoms with Crippen LogP contribution in [0.2, 0.25) is 0 Å². The van der Waals surface area contributed by atoms with Crippen molar-refractivity contribution in [2.45, 2.75) is 19.5 Å². The van der Waals surface area contributed by atoms with E-state index in [1.165, 1.54) is 23.1 Å². The molecule has 3 rings (SSSR count). The van der Waals surface area contributed by atoms with Gasteiger partial charge in [-0.05, 0) is 42.7 Å². The minimum absolute atomic E-state index is 0.0418. The lowest BCUT2D eigenvalue weighted by Crippen LogP contribution is -2.36. The predicted octanol–water partition coefficient (Wildman–Crippen LogP) is 2.98. The number of amides is 2. The lowest BCUT2D eigenvalue weighted by molar-refractivity contribution is -0.0501. The highest BCUT2D eigenvalue weighted by Crippen LogP contribution is 2.32. The van der Waals surface area contributed by atoms with E-state index < -0.39 is 18.4 Å². The fourth-order valence-corrected chi connectivity index (χ4v) is 3.05. The maximum atomic E-state index is 12.9. The topological polar surface area (TPSA) is 72.6 Å². The fourth-order valence-electron chi connectivity index (χ4n) is 3.05. The van der Waals surface area contributed by atoms with Crippen LogP contribution in [0.5, 0.6) is 5.75 Å². The number of nitrogens with two attached hydrogens (primary N) is 1. The van der Waals surface area contributed by atoms with Crippen molar-refractivity contribution in [1.29, 1.82) is 0 Å². The number of para-hydroxylation sites is 1. The minimum atomic E-state index is -3.02. The molecule has 25 heavy (non-hydrogen) atoms. The van der Waals surface area contributed by atoms with Gasteiger partial charge in [0.15, 0.2) is 0 Å². The van der Waals surface area contributed by atoms with E-state index >= 15 is 0 Å². The van der Waals surface area contributed by atoms with Crippen molar-refractivity contribution in [2.24, 2.45) is 5.73 Å². The van der Waals surface area contributed by atoms with Crippen LogP contribution in [0.15, 0.2) is 42.5 Å². The van der Waals surface area contributed by atoms with Crippen molar-refractivity contribution in [3.05, 3.63) is 59.2 Å². The molecule has 0 atom stereocenters. The molecule has 7 heteroatoms. The van der Waals surface area contributed by atoms with Gasteiger partial charge in [0.1, 0.15) is 5.75 Å². The molecule has 2 aromatic carbocycles. The van der Waals surface area contributed by atoms with E-state index in [4.69, 9.17) is 5.73 Å². The number of hydrogen-bond donors (Lipinski definition) is 1. The molecule has 5 nitrogen and oxygen atoms in total. The third-order valence-electron chi connectivity index (χ3n) is 4.09. The zero-order valence-corrected chi connectivity index (χ0v) is 13.2. The molecule has 2 N–H and O–H groups in total. The van der Waals surface area contributed by atoms with Gasteiger partial charge in [0.05, 0.1) is 5.56 Å². The summed E-state index contributed by atoms with van der Waals surface area (Å²) in [5, 5.41) is 0. The summed E-state index contributed by atoms with van der Waals surface area (Å²) in [5.41, 5.74) is 7.08. The predicted molar refractivity (Wildman–Crippen MR) is 88.0 cm³/mol. The maximum absolute atomic E-state index is 12.9. The van der Waals surface area contributed by atoms with Gasteiger partial charge in [0, 0.05) is 17.8 Å². The first-order chi connectivity index (χ1) is 12.0. The molecule has 2 aromatic rings. The Balaban J connectivity index is 2.01. The van der Waals surface area contributed by atoms with Crippen molar-refractivity contribution in [2.75, 3.05) is 11.4 Å². The summed E-state index contributed by atoms with van der Waals surface area (Å²) in [7, 11) is 0. The number of ether oxygens (including phenoxy) is 1. The summed E-state index contributed by atoms with van der Waals surface area (Å²) in [6, 6.07) is 10.8. The standard InChI is InChI=1S/C18H16F2N2O3/c19-18(20)25-15-9-2-1-5-13(15)17(24)22-10-4-7-11-12(16(21)23)6-3-8-14(11)22/h1-3,5-6,8-9,18H,4,7,10H2,(H2,21,23). The van der Waals surface area contributed by atoms with Crippen LogP contribution < -0.4 is 15.4 Å². The number of nitrogens with zero attached hydrogens (tertiary/aromatic N) is 1. The second-order valence-corrected chi connectivity index (χ2v) is 5.60. The molecule has 1 aliphatic heterocycles. The normalized spacial score (nSPS) is 13.5.